The third-order valence-electron chi connectivity index (χ3n) is 2.68. The number of nitrogens with zero attached hydrogens (tertiary/aromatic N) is 2. The predicted octanol–water partition coefficient (Wildman–Crippen LogP) is 3.06. The SMILES string of the molecule is NCc1cnn(Cc2ccc(C(F)(F)F)cc2)c1Cl. The Morgan fingerprint density at radius 2 is 1.84 bits per heavy atom. The quantitative estimate of drug-likeness (QED) is 0.944. The lowest BCUT2D eigenvalue weighted by Crippen LogP contribution is -2.06. The Kier molecular flexibility index (Phi) is 3.82. The molecule has 0 aliphatic carbocycles. The molecule has 2 rings (SSSR count). The number of rotatable bonds is 3. The minimum Gasteiger partial charge on any atom is -0.326 e. The number of hydrogen-bond donors (Lipinski definition) is 1. The van der Waals surface area contributed by atoms with Crippen molar-refractivity contribution in [3.8, 4) is 0 Å². The minimum atomic E-state index is -4.32. The van der Waals surface area contributed by atoms with Crippen molar-refractivity contribution in [2.24, 2.45) is 5.73 Å². The predicted molar refractivity (Wildman–Crippen MR) is 65.7 cm³/mol. The zero-order valence-corrected chi connectivity index (χ0v) is 10.5. The molecule has 3 nitrogen and oxygen atoms in total. The van der Waals surface area contributed by atoms with Gasteiger partial charge in [0.25, 0.3) is 0 Å². The number of alkyl halides is 3. The maximum absolute atomic E-state index is 12.4. The van der Waals surface area contributed by atoms with Gasteiger partial charge < -0.3 is 5.73 Å². The van der Waals surface area contributed by atoms with Gasteiger partial charge in [0.2, 0.25) is 0 Å². The molecule has 1 aromatic heterocycles. The Bertz CT molecular complexity index is 561. The molecular weight excluding hydrogens is 279 g/mol. The summed E-state index contributed by atoms with van der Waals surface area (Å²) in [5.41, 5.74) is 6.17. The molecule has 2 aromatic rings. The summed E-state index contributed by atoms with van der Waals surface area (Å²) in [6.07, 6.45) is -2.78. The van der Waals surface area contributed by atoms with E-state index in [1.54, 1.807) is 6.20 Å². The minimum absolute atomic E-state index is 0.270. The van der Waals surface area contributed by atoms with E-state index in [0.29, 0.717) is 22.8 Å². The van der Waals surface area contributed by atoms with Crippen LogP contribution in [0.25, 0.3) is 0 Å². The summed E-state index contributed by atoms with van der Waals surface area (Å²) in [5, 5.41) is 4.44. The Labute approximate surface area is 112 Å². The first kappa shape index (κ1) is 13.9. The molecule has 0 spiro atoms. The van der Waals surface area contributed by atoms with Crippen LogP contribution in [-0.4, -0.2) is 9.78 Å². The van der Waals surface area contributed by atoms with Crippen molar-refractivity contribution in [2.75, 3.05) is 0 Å². The van der Waals surface area contributed by atoms with Gasteiger partial charge in [0.15, 0.2) is 0 Å². The number of aromatic nitrogens is 2. The summed E-state index contributed by atoms with van der Waals surface area (Å²) in [6, 6.07) is 4.89. The van der Waals surface area contributed by atoms with Crippen molar-refractivity contribution in [3.63, 3.8) is 0 Å². The van der Waals surface area contributed by atoms with Gasteiger partial charge in [-0.3, -0.25) is 0 Å². The molecular formula is C12H11ClF3N3. The number of benzene rings is 1. The normalized spacial score (nSPS) is 11.8. The van der Waals surface area contributed by atoms with E-state index in [1.807, 2.05) is 0 Å². The summed E-state index contributed by atoms with van der Waals surface area (Å²) in [7, 11) is 0. The Morgan fingerprint density at radius 1 is 1.21 bits per heavy atom. The molecule has 0 amide bonds. The molecule has 0 aliphatic heterocycles. The van der Waals surface area contributed by atoms with Gasteiger partial charge in [0, 0.05) is 12.1 Å². The fourth-order valence-electron chi connectivity index (χ4n) is 1.63. The van der Waals surface area contributed by atoms with E-state index >= 15 is 0 Å². The van der Waals surface area contributed by atoms with Crippen LogP contribution in [0.2, 0.25) is 5.15 Å². The van der Waals surface area contributed by atoms with E-state index in [1.165, 1.54) is 16.8 Å². The van der Waals surface area contributed by atoms with Gasteiger partial charge in [-0.2, -0.15) is 18.3 Å². The lowest BCUT2D eigenvalue weighted by molar-refractivity contribution is -0.137. The first-order valence-electron chi connectivity index (χ1n) is 5.48. The molecule has 0 aliphatic rings. The number of nitrogens with two attached hydrogens (primary N) is 1. The highest BCUT2D eigenvalue weighted by molar-refractivity contribution is 6.30. The van der Waals surface area contributed by atoms with E-state index in [0.717, 1.165) is 12.1 Å². The second-order valence-electron chi connectivity index (χ2n) is 4.02. The van der Waals surface area contributed by atoms with Gasteiger partial charge in [0.1, 0.15) is 5.15 Å². The highest BCUT2D eigenvalue weighted by Crippen LogP contribution is 2.29. The van der Waals surface area contributed by atoms with E-state index in [4.69, 9.17) is 17.3 Å². The zero-order chi connectivity index (χ0) is 14.0. The highest BCUT2D eigenvalue weighted by atomic mass is 35.5. The van der Waals surface area contributed by atoms with Gasteiger partial charge in [-0.05, 0) is 17.7 Å². The third-order valence-corrected chi connectivity index (χ3v) is 3.12. The Balaban J connectivity index is 2.17. The largest absolute Gasteiger partial charge is 0.416 e. The van der Waals surface area contributed by atoms with E-state index in [-0.39, 0.29) is 6.54 Å². The standard InChI is InChI=1S/C12H11ClF3N3/c13-11-9(5-17)6-18-19(11)7-8-1-3-10(4-2-8)12(14,15)16/h1-4,6H,5,7,17H2. The van der Waals surface area contributed by atoms with Crippen LogP contribution < -0.4 is 5.73 Å². The lowest BCUT2D eigenvalue weighted by atomic mass is 10.1. The molecule has 1 aromatic carbocycles. The van der Waals surface area contributed by atoms with Gasteiger partial charge >= 0.3 is 6.18 Å². The van der Waals surface area contributed by atoms with Crippen LogP contribution in [-0.2, 0) is 19.3 Å². The third kappa shape index (κ3) is 3.08. The maximum Gasteiger partial charge on any atom is 0.416 e. The smallest absolute Gasteiger partial charge is 0.326 e. The van der Waals surface area contributed by atoms with Gasteiger partial charge in [0.05, 0.1) is 18.3 Å². The van der Waals surface area contributed by atoms with Crippen molar-refractivity contribution in [3.05, 3.63) is 52.3 Å². The van der Waals surface area contributed by atoms with Gasteiger partial charge in [-0.1, -0.05) is 23.7 Å². The van der Waals surface area contributed by atoms with Gasteiger partial charge in [-0.15, -0.1) is 0 Å². The molecule has 102 valence electrons. The molecule has 7 heteroatoms. The van der Waals surface area contributed by atoms with Crippen LogP contribution in [0.15, 0.2) is 30.5 Å². The van der Waals surface area contributed by atoms with E-state index in [2.05, 4.69) is 5.10 Å². The van der Waals surface area contributed by atoms with Crippen LogP contribution in [0, 0.1) is 0 Å². The summed E-state index contributed by atoms with van der Waals surface area (Å²) < 4.78 is 38.7. The fourth-order valence-corrected chi connectivity index (χ4v) is 1.86. The summed E-state index contributed by atoms with van der Waals surface area (Å²) in [6.45, 7) is 0.572. The molecule has 0 saturated carbocycles. The van der Waals surface area contributed by atoms with Crippen molar-refractivity contribution in [1.82, 2.24) is 9.78 Å². The summed E-state index contributed by atoms with van der Waals surface area (Å²) >= 11 is 6.02. The number of hydrogen-bond acceptors (Lipinski definition) is 2. The van der Waals surface area contributed by atoms with E-state index in [9.17, 15) is 13.2 Å². The second kappa shape index (κ2) is 5.22. The molecule has 0 atom stereocenters. The average Bonchev–Trinajstić information content (AvgIpc) is 2.70. The summed E-state index contributed by atoms with van der Waals surface area (Å²) in [4.78, 5) is 0. The zero-order valence-electron chi connectivity index (χ0n) is 9.78. The van der Waals surface area contributed by atoms with Crippen molar-refractivity contribution < 1.29 is 13.2 Å². The topological polar surface area (TPSA) is 43.8 Å². The molecule has 0 fully saturated rings. The Hall–Kier alpha value is -1.53. The van der Waals surface area contributed by atoms with Gasteiger partial charge in [-0.25, -0.2) is 4.68 Å². The molecule has 1 heterocycles. The highest BCUT2D eigenvalue weighted by Gasteiger charge is 2.29. The van der Waals surface area contributed by atoms with Crippen molar-refractivity contribution in [1.29, 1.82) is 0 Å². The molecule has 0 unspecified atom stereocenters. The van der Waals surface area contributed by atoms with Crippen LogP contribution >= 0.6 is 11.6 Å². The molecule has 0 saturated heterocycles. The van der Waals surface area contributed by atoms with Crippen LogP contribution in [0.4, 0.5) is 13.2 Å². The van der Waals surface area contributed by atoms with Crippen LogP contribution in [0.3, 0.4) is 0 Å². The maximum atomic E-state index is 12.4. The Morgan fingerprint density at radius 3 is 2.32 bits per heavy atom. The second-order valence-corrected chi connectivity index (χ2v) is 4.38. The molecule has 0 radical (unpaired) electrons. The van der Waals surface area contributed by atoms with Crippen LogP contribution in [0.5, 0.6) is 0 Å². The molecule has 2 N–H and O–H groups in total. The first-order valence-corrected chi connectivity index (χ1v) is 5.86. The van der Waals surface area contributed by atoms with E-state index < -0.39 is 11.7 Å². The van der Waals surface area contributed by atoms with Crippen molar-refractivity contribution in [2.45, 2.75) is 19.3 Å². The number of halogens is 4. The van der Waals surface area contributed by atoms with Crippen LogP contribution in [0.1, 0.15) is 16.7 Å². The van der Waals surface area contributed by atoms with Crippen molar-refractivity contribution >= 4 is 11.6 Å². The molecule has 0 bridgehead atoms. The monoisotopic (exact) mass is 289 g/mol. The summed E-state index contributed by atoms with van der Waals surface area (Å²) in [5.74, 6) is 0. The first-order chi connectivity index (χ1) is 8.91. The fraction of sp³-hybridized carbons (Fsp3) is 0.250. The lowest BCUT2D eigenvalue weighted by Gasteiger charge is -2.08. The average molecular weight is 290 g/mol. The molecule has 19 heavy (non-hydrogen) atoms.